The molecule has 2 unspecified atom stereocenters. The molecule has 41 heavy (non-hydrogen) atoms. The van der Waals surface area contributed by atoms with E-state index in [0.717, 1.165) is 28.7 Å². The first-order valence-corrected chi connectivity index (χ1v) is 14.6. The predicted octanol–water partition coefficient (Wildman–Crippen LogP) is 6.75. The van der Waals surface area contributed by atoms with Crippen LogP contribution in [-0.4, -0.2) is 37.1 Å². The van der Waals surface area contributed by atoms with Crippen LogP contribution in [-0.2, 0) is 50.1 Å². The summed E-state index contributed by atoms with van der Waals surface area (Å²) < 4.78 is 32.7. The molecule has 0 aromatic heterocycles. The second-order valence-electron chi connectivity index (χ2n) is 10.9. The topological polar surface area (TPSA) is 49.5 Å². The summed E-state index contributed by atoms with van der Waals surface area (Å²) in [5.41, 5.74) is 4.53. The zero-order valence-electron chi connectivity index (χ0n) is 23.3. The summed E-state index contributed by atoms with van der Waals surface area (Å²) in [7, 11) is 0. The Morgan fingerprint density at radius 2 is 0.902 bits per heavy atom. The second-order valence-corrected chi connectivity index (χ2v) is 10.9. The lowest BCUT2D eigenvalue weighted by molar-refractivity contribution is -0.176. The molecule has 2 aliphatic rings. The maximum absolute atomic E-state index is 6.78. The van der Waals surface area contributed by atoms with E-state index >= 15 is 0 Å². The van der Waals surface area contributed by atoms with E-state index in [4.69, 9.17) is 23.7 Å². The average molecular weight is 551 g/mol. The highest BCUT2D eigenvalue weighted by Gasteiger charge is 2.56. The first-order chi connectivity index (χ1) is 20.3. The Hall–Kier alpha value is -3.32. The van der Waals surface area contributed by atoms with Crippen molar-refractivity contribution in [3.05, 3.63) is 144 Å². The van der Waals surface area contributed by atoms with Crippen LogP contribution in [0, 0.1) is 5.92 Å². The Labute approximate surface area is 243 Å². The number of epoxide rings is 1. The summed E-state index contributed by atoms with van der Waals surface area (Å²) in [6.07, 6.45) is 0.104. The lowest BCUT2D eigenvalue weighted by Gasteiger charge is -2.36. The van der Waals surface area contributed by atoms with Crippen molar-refractivity contribution in [3.8, 4) is 0 Å². The molecule has 1 aliphatic heterocycles. The van der Waals surface area contributed by atoms with Crippen molar-refractivity contribution in [3.63, 3.8) is 0 Å². The minimum Gasteiger partial charge on any atom is -0.376 e. The number of benzene rings is 4. The predicted molar refractivity (Wildman–Crippen MR) is 158 cm³/mol. The lowest BCUT2D eigenvalue weighted by Crippen LogP contribution is -2.48. The van der Waals surface area contributed by atoms with Gasteiger partial charge in [0.1, 0.15) is 18.3 Å². The van der Waals surface area contributed by atoms with E-state index in [0.29, 0.717) is 33.0 Å². The Morgan fingerprint density at radius 3 is 1.39 bits per heavy atom. The molecule has 6 rings (SSSR count). The number of ether oxygens (including phenoxy) is 5. The molecular formula is C36H38O5. The van der Waals surface area contributed by atoms with Crippen LogP contribution in [0.15, 0.2) is 121 Å². The molecule has 1 aliphatic carbocycles. The van der Waals surface area contributed by atoms with Gasteiger partial charge in [-0.3, -0.25) is 0 Å². The van der Waals surface area contributed by atoms with Crippen LogP contribution in [0.5, 0.6) is 0 Å². The van der Waals surface area contributed by atoms with Gasteiger partial charge in [0.2, 0.25) is 0 Å². The van der Waals surface area contributed by atoms with Gasteiger partial charge >= 0.3 is 0 Å². The molecular weight excluding hydrogens is 512 g/mol. The van der Waals surface area contributed by atoms with E-state index in [1.54, 1.807) is 0 Å². The molecule has 0 N–H and O–H groups in total. The summed E-state index contributed by atoms with van der Waals surface area (Å²) in [4.78, 5) is 0. The molecule has 4 aromatic carbocycles. The Morgan fingerprint density at radius 1 is 0.488 bits per heavy atom. The summed E-state index contributed by atoms with van der Waals surface area (Å²) in [6, 6.07) is 41.2. The van der Waals surface area contributed by atoms with E-state index in [1.165, 1.54) is 0 Å². The zero-order valence-corrected chi connectivity index (χ0v) is 23.3. The van der Waals surface area contributed by atoms with Gasteiger partial charge in [-0.05, 0) is 28.7 Å². The first kappa shape index (κ1) is 27.8. The lowest BCUT2D eigenvalue weighted by atomic mass is 9.94. The highest BCUT2D eigenvalue weighted by molar-refractivity contribution is 5.17. The van der Waals surface area contributed by atoms with Gasteiger partial charge < -0.3 is 23.7 Å². The second kappa shape index (κ2) is 14.0. The van der Waals surface area contributed by atoms with E-state index < -0.39 is 0 Å². The summed E-state index contributed by atoms with van der Waals surface area (Å²) >= 11 is 0. The van der Waals surface area contributed by atoms with Gasteiger partial charge in [0.25, 0.3) is 0 Å². The number of hydrogen-bond acceptors (Lipinski definition) is 5. The van der Waals surface area contributed by atoms with Crippen LogP contribution in [0.3, 0.4) is 0 Å². The third kappa shape index (κ3) is 7.70. The van der Waals surface area contributed by atoms with Gasteiger partial charge in [0.05, 0.1) is 45.2 Å². The molecule has 212 valence electrons. The molecule has 6 atom stereocenters. The Balaban J connectivity index is 1.25. The van der Waals surface area contributed by atoms with Gasteiger partial charge in [0.15, 0.2) is 0 Å². The van der Waals surface area contributed by atoms with Gasteiger partial charge in [-0.1, -0.05) is 121 Å². The normalized spacial score (nSPS) is 25.3. The summed E-state index contributed by atoms with van der Waals surface area (Å²) in [5.74, 6) is 0.0866. The zero-order chi connectivity index (χ0) is 27.7. The van der Waals surface area contributed by atoms with Gasteiger partial charge in [-0.2, -0.15) is 0 Å². The molecule has 5 nitrogen and oxygen atoms in total. The highest BCUT2D eigenvalue weighted by Crippen LogP contribution is 2.42. The van der Waals surface area contributed by atoms with Crippen molar-refractivity contribution >= 4 is 0 Å². The Kier molecular flexibility index (Phi) is 9.53. The molecule has 0 bridgehead atoms. The standard InChI is InChI=1S/C36H38O5/c1-5-13-27(14-6-1)22-37-26-31-21-32-34(41-32)36(40-25-30-19-11-4-12-20-30)35(39-24-29-17-9-3-10-18-29)33(31)38-23-28-15-7-2-8-16-28/h1-20,31-36H,21-26H2/t31-,32?,33-,34?,35+,36+/m1/s1. The maximum Gasteiger partial charge on any atom is 0.115 e. The largest absolute Gasteiger partial charge is 0.376 e. The van der Waals surface area contributed by atoms with Crippen molar-refractivity contribution in [2.45, 2.75) is 63.4 Å². The monoisotopic (exact) mass is 550 g/mol. The van der Waals surface area contributed by atoms with E-state index in [1.807, 2.05) is 72.8 Å². The molecule has 0 spiro atoms. The quantitative estimate of drug-likeness (QED) is 0.173. The van der Waals surface area contributed by atoms with Gasteiger partial charge in [0, 0.05) is 5.92 Å². The third-order valence-electron chi connectivity index (χ3n) is 7.89. The highest BCUT2D eigenvalue weighted by atomic mass is 16.6. The molecule has 1 saturated carbocycles. The Bertz CT molecular complexity index is 1300. The smallest absolute Gasteiger partial charge is 0.115 e. The van der Waals surface area contributed by atoms with Crippen molar-refractivity contribution in [1.29, 1.82) is 0 Å². The fourth-order valence-corrected chi connectivity index (χ4v) is 5.69. The van der Waals surface area contributed by atoms with Crippen molar-refractivity contribution in [1.82, 2.24) is 0 Å². The summed E-state index contributed by atoms with van der Waals surface area (Å²) in [6.45, 7) is 2.56. The minimum atomic E-state index is -0.328. The van der Waals surface area contributed by atoms with E-state index in [2.05, 4.69) is 48.5 Å². The SMILES string of the molecule is c1ccc(COC[C@H]2CC3OC3[C@H](OCc3ccccc3)[C@@H](OCc3ccccc3)[C@@H]2OCc2ccccc2)cc1. The minimum absolute atomic E-state index is 0.0264. The first-order valence-electron chi connectivity index (χ1n) is 14.6. The van der Waals surface area contributed by atoms with E-state index in [9.17, 15) is 0 Å². The van der Waals surface area contributed by atoms with Crippen molar-refractivity contribution in [2.75, 3.05) is 6.61 Å². The molecule has 1 heterocycles. The molecule has 0 radical (unpaired) electrons. The molecule has 4 aromatic rings. The molecule has 1 saturated heterocycles. The van der Waals surface area contributed by atoms with Crippen LogP contribution in [0.1, 0.15) is 28.7 Å². The number of fused-ring (bicyclic) bond motifs is 1. The van der Waals surface area contributed by atoms with E-state index in [-0.39, 0.29) is 36.4 Å². The van der Waals surface area contributed by atoms with Crippen LogP contribution in [0.4, 0.5) is 0 Å². The average Bonchev–Trinajstić information content (AvgIpc) is 3.81. The van der Waals surface area contributed by atoms with Crippen LogP contribution in [0.2, 0.25) is 0 Å². The van der Waals surface area contributed by atoms with Crippen LogP contribution < -0.4 is 0 Å². The fraction of sp³-hybridized carbons (Fsp3) is 0.333. The van der Waals surface area contributed by atoms with Crippen molar-refractivity contribution < 1.29 is 23.7 Å². The maximum atomic E-state index is 6.78. The molecule has 2 fully saturated rings. The number of rotatable bonds is 13. The fourth-order valence-electron chi connectivity index (χ4n) is 5.69. The van der Waals surface area contributed by atoms with Crippen LogP contribution >= 0.6 is 0 Å². The third-order valence-corrected chi connectivity index (χ3v) is 7.89. The van der Waals surface area contributed by atoms with Gasteiger partial charge in [-0.15, -0.1) is 0 Å². The van der Waals surface area contributed by atoms with Crippen LogP contribution in [0.25, 0.3) is 0 Å². The van der Waals surface area contributed by atoms with Crippen molar-refractivity contribution in [2.24, 2.45) is 5.92 Å². The summed E-state index contributed by atoms with van der Waals surface area (Å²) in [5, 5.41) is 0. The molecule has 5 heteroatoms. The molecule has 0 amide bonds. The number of hydrogen-bond donors (Lipinski definition) is 0. The van der Waals surface area contributed by atoms with Gasteiger partial charge in [-0.25, -0.2) is 0 Å².